The molecule has 1 aromatic heterocycles. The number of nitrogens with one attached hydrogen (secondary N) is 2. The Balaban J connectivity index is 2.06. The Labute approximate surface area is 131 Å². The van der Waals surface area contributed by atoms with E-state index >= 15 is 0 Å². The monoisotopic (exact) mass is 349 g/mol. The molecule has 1 aromatic carbocycles. The van der Waals surface area contributed by atoms with Gasteiger partial charge in [0, 0.05) is 29.3 Å². The number of amides is 1. The molecule has 0 spiro atoms. The van der Waals surface area contributed by atoms with E-state index in [0.717, 1.165) is 15.9 Å². The number of rotatable bonds is 5. The average Bonchev–Trinajstić information content (AvgIpc) is 2.47. The van der Waals surface area contributed by atoms with E-state index in [9.17, 15) is 4.79 Å². The lowest BCUT2D eigenvalue weighted by Crippen LogP contribution is -2.08. The van der Waals surface area contributed by atoms with Gasteiger partial charge in [0.15, 0.2) is 0 Å². The van der Waals surface area contributed by atoms with Gasteiger partial charge in [0.1, 0.15) is 5.75 Å². The predicted octanol–water partition coefficient (Wildman–Crippen LogP) is 3.42. The van der Waals surface area contributed by atoms with E-state index in [4.69, 9.17) is 4.74 Å². The molecule has 2 aromatic rings. The lowest BCUT2D eigenvalue weighted by Gasteiger charge is -2.12. The number of benzene rings is 1. The van der Waals surface area contributed by atoms with Crippen LogP contribution in [0.25, 0.3) is 0 Å². The van der Waals surface area contributed by atoms with E-state index in [2.05, 4.69) is 31.5 Å². The Hall–Kier alpha value is -2.08. The maximum Gasteiger partial charge on any atom is 0.221 e. The van der Waals surface area contributed by atoms with Crippen molar-refractivity contribution >= 4 is 33.2 Å². The van der Waals surface area contributed by atoms with Crippen LogP contribution in [0.5, 0.6) is 5.75 Å². The molecule has 2 rings (SSSR count). The summed E-state index contributed by atoms with van der Waals surface area (Å²) in [7, 11) is 1.57. The van der Waals surface area contributed by atoms with Gasteiger partial charge in [0.05, 0.1) is 25.0 Å². The molecule has 1 amide bonds. The number of aromatic nitrogens is 1. The van der Waals surface area contributed by atoms with Crippen LogP contribution in [0.3, 0.4) is 0 Å². The van der Waals surface area contributed by atoms with Crippen LogP contribution in [0.1, 0.15) is 12.6 Å². The smallest absolute Gasteiger partial charge is 0.221 e. The van der Waals surface area contributed by atoms with Crippen LogP contribution in [-0.4, -0.2) is 18.0 Å². The van der Waals surface area contributed by atoms with E-state index in [1.54, 1.807) is 19.4 Å². The summed E-state index contributed by atoms with van der Waals surface area (Å²) in [5, 5.41) is 5.99. The molecule has 5 nitrogen and oxygen atoms in total. The molecular weight excluding hydrogens is 334 g/mol. The summed E-state index contributed by atoms with van der Waals surface area (Å²) in [5.41, 5.74) is 2.48. The standard InChI is InChI=1S/C15H16BrN3O2/c1-10(20)19-14-6-5-12(7-15(14)21-2)18-9-13-4-3-11(16)8-17-13/h3-8,18H,9H2,1-2H3,(H,19,20). The lowest BCUT2D eigenvalue weighted by molar-refractivity contribution is -0.114. The van der Waals surface area contributed by atoms with E-state index in [0.29, 0.717) is 18.0 Å². The molecule has 0 aliphatic heterocycles. The number of pyridine rings is 1. The zero-order valence-electron chi connectivity index (χ0n) is 11.8. The van der Waals surface area contributed by atoms with Crippen molar-refractivity contribution in [2.75, 3.05) is 17.7 Å². The van der Waals surface area contributed by atoms with Crippen LogP contribution >= 0.6 is 15.9 Å². The summed E-state index contributed by atoms with van der Waals surface area (Å²) in [5.74, 6) is 0.479. The molecule has 0 saturated heterocycles. The average molecular weight is 350 g/mol. The Morgan fingerprint density at radius 2 is 2.14 bits per heavy atom. The quantitative estimate of drug-likeness (QED) is 0.867. The zero-order chi connectivity index (χ0) is 15.2. The van der Waals surface area contributed by atoms with Crippen LogP contribution < -0.4 is 15.4 Å². The highest BCUT2D eigenvalue weighted by molar-refractivity contribution is 9.10. The van der Waals surface area contributed by atoms with E-state index in [1.807, 2.05) is 24.3 Å². The Bertz CT molecular complexity index is 629. The molecule has 0 bridgehead atoms. The fraction of sp³-hybridized carbons (Fsp3) is 0.200. The highest BCUT2D eigenvalue weighted by Crippen LogP contribution is 2.28. The first kappa shape index (κ1) is 15.3. The van der Waals surface area contributed by atoms with Gasteiger partial charge >= 0.3 is 0 Å². The number of hydrogen-bond donors (Lipinski definition) is 2. The summed E-state index contributed by atoms with van der Waals surface area (Å²) in [6, 6.07) is 9.42. The predicted molar refractivity (Wildman–Crippen MR) is 86.6 cm³/mol. The Kier molecular flexibility index (Phi) is 5.16. The number of ether oxygens (including phenoxy) is 1. The number of carbonyl (C=O) groups excluding carboxylic acids is 1. The van der Waals surface area contributed by atoms with Crippen molar-refractivity contribution in [3.8, 4) is 5.75 Å². The largest absolute Gasteiger partial charge is 0.494 e. The van der Waals surface area contributed by atoms with Crippen molar-refractivity contribution in [2.45, 2.75) is 13.5 Å². The van der Waals surface area contributed by atoms with Crippen molar-refractivity contribution < 1.29 is 9.53 Å². The van der Waals surface area contributed by atoms with Gasteiger partial charge in [0.25, 0.3) is 0 Å². The molecule has 6 heteroatoms. The number of anilines is 2. The Morgan fingerprint density at radius 3 is 2.76 bits per heavy atom. The molecule has 0 aliphatic carbocycles. The minimum atomic E-state index is -0.131. The first-order valence-corrected chi connectivity index (χ1v) is 7.17. The highest BCUT2D eigenvalue weighted by atomic mass is 79.9. The molecular formula is C15H16BrN3O2. The third kappa shape index (κ3) is 4.46. The normalized spacial score (nSPS) is 10.0. The van der Waals surface area contributed by atoms with Gasteiger partial charge in [-0.1, -0.05) is 0 Å². The fourth-order valence-electron chi connectivity index (χ4n) is 1.80. The molecule has 0 aliphatic rings. The summed E-state index contributed by atoms with van der Waals surface area (Å²) >= 11 is 3.35. The number of methoxy groups -OCH3 is 1. The number of carbonyl (C=O) groups is 1. The van der Waals surface area contributed by atoms with Gasteiger partial charge < -0.3 is 15.4 Å². The third-order valence-corrected chi connectivity index (χ3v) is 3.24. The second-order valence-corrected chi connectivity index (χ2v) is 5.33. The molecule has 0 atom stereocenters. The molecule has 0 radical (unpaired) electrons. The van der Waals surface area contributed by atoms with E-state index in [-0.39, 0.29) is 5.91 Å². The second kappa shape index (κ2) is 7.08. The van der Waals surface area contributed by atoms with Gasteiger partial charge in [-0.2, -0.15) is 0 Å². The van der Waals surface area contributed by atoms with Crippen molar-refractivity contribution in [3.05, 3.63) is 46.7 Å². The van der Waals surface area contributed by atoms with Crippen molar-refractivity contribution in [1.82, 2.24) is 4.98 Å². The van der Waals surface area contributed by atoms with Crippen molar-refractivity contribution in [3.63, 3.8) is 0 Å². The van der Waals surface area contributed by atoms with Crippen molar-refractivity contribution in [2.24, 2.45) is 0 Å². The van der Waals surface area contributed by atoms with Crippen LogP contribution in [0, 0.1) is 0 Å². The summed E-state index contributed by atoms with van der Waals surface area (Å²) in [4.78, 5) is 15.4. The third-order valence-electron chi connectivity index (χ3n) is 2.77. The summed E-state index contributed by atoms with van der Waals surface area (Å²) < 4.78 is 6.23. The van der Waals surface area contributed by atoms with Crippen LogP contribution in [-0.2, 0) is 11.3 Å². The maximum absolute atomic E-state index is 11.1. The van der Waals surface area contributed by atoms with Crippen molar-refractivity contribution in [1.29, 1.82) is 0 Å². The topological polar surface area (TPSA) is 63.2 Å². The zero-order valence-corrected chi connectivity index (χ0v) is 13.4. The molecule has 1 heterocycles. The molecule has 0 unspecified atom stereocenters. The molecule has 0 fully saturated rings. The highest BCUT2D eigenvalue weighted by Gasteiger charge is 2.06. The molecule has 21 heavy (non-hydrogen) atoms. The second-order valence-electron chi connectivity index (χ2n) is 4.42. The number of halogens is 1. The van der Waals surface area contributed by atoms with Crippen LogP contribution in [0.15, 0.2) is 41.0 Å². The van der Waals surface area contributed by atoms with Gasteiger partial charge in [-0.3, -0.25) is 9.78 Å². The van der Waals surface area contributed by atoms with Gasteiger partial charge in [-0.15, -0.1) is 0 Å². The first-order valence-electron chi connectivity index (χ1n) is 6.38. The first-order chi connectivity index (χ1) is 10.1. The van der Waals surface area contributed by atoms with E-state index in [1.165, 1.54) is 6.92 Å². The number of hydrogen-bond acceptors (Lipinski definition) is 4. The molecule has 2 N–H and O–H groups in total. The SMILES string of the molecule is COc1cc(NCc2ccc(Br)cn2)ccc1NC(C)=O. The molecule has 0 saturated carbocycles. The summed E-state index contributed by atoms with van der Waals surface area (Å²) in [6.07, 6.45) is 1.76. The number of nitrogens with zero attached hydrogens (tertiary/aromatic N) is 1. The minimum Gasteiger partial charge on any atom is -0.494 e. The van der Waals surface area contributed by atoms with Gasteiger partial charge in [-0.25, -0.2) is 0 Å². The van der Waals surface area contributed by atoms with Crippen LogP contribution in [0.4, 0.5) is 11.4 Å². The van der Waals surface area contributed by atoms with Crippen LogP contribution in [0.2, 0.25) is 0 Å². The van der Waals surface area contributed by atoms with E-state index < -0.39 is 0 Å². The maximum atomic E-state index is 11.1. The summed E-state index contributed by atoms with van der Waals surface area (Å²) in [6.45, 7) is 2.07. The Morgan fingerprint density at radius 1 is 1.33 bits per heavy atom. The fourth-order valence-corrected chi connectivity index (χ4v) is 2.03. The van der Waals surface area contributed by atoms with Gasteiger partial charge in [-0.05, 0) is 40.2 Å². The molecule has 110 valence electrons. The minimum absolute atomic E-state index is 0.131. The van der Waals surface area contributed by atoms with Gasteiger partial charge in [0.2, 0.25) is 5.91 Å². The lowest BCUT2D eigenvalue weighted by atomic mass is 10.2.